The van der Waals surface area contributed by atoms with Crippen molar-refractivity contribution in [2.24, 2.45) is 10.7 Å². The predicted molar refractivity (Wildman–Crippen MR) is 114 cm³/mol. The lowest BCUT2D eigenvalue weighted by molar-refractivity contribution is 0.468. The SMILES string of the molecule is Cc1ccc(C(N)=NC(=S)Oc2cc(C)c(CCNCCF)cc2C)cc1. The van der Waals surface area contributed by atoms with E-state index in [0.717, 1.165) is 35.2 Å². The lowest BCUT2D eigenvalue weighted by atomic mass is 10.0. The third-order valence-corrected chi connectivity index (χ3v) is 4.41. The van der Waals surface area contributed by atoms with Gasteiger partial charge in [0.25, 0.3) is 5.17 Å². The summed E-state index contributed by atoms with van der Waals surface area (Å²) in [6.45, 7) is 6.76. The monoisotopic (exact) mass is 387 g/mol. The Balaban J connectivity index is 2.05. The van der Waals surface area contributed by atoms with Gasteiger partial charge in [0, 0.05) is 12.1 Å². The van der Waals surface area contributed by atoms with Crippen LogP contribution in [0.4, 0.5) is 4.39 Å². The third kappa shape index (κ3) is 6.41. The Morgan fingerprint density at radius 1 is 1.11 bits per heavy atom. The highest BCUT2D eigenvalue weighted by Gasteiger charge is 2.09. The lowest BCUT2D eigenvalue weighted by Crippen LogP contribution is -2.20. The number of nitrogens with zero attached hydrogens (tertiary/aromatic N) is 1. The lowest BCUT2D eigenvalue weighted by Gasteiger charge is -2.13. The van der Waals surface area contributed by atoms with Crippen molar-refractivity contribution >= 4 is 23.2 Å². The summed E-state index contributed by atoms with van der Waals surface area (Å²) in [6, 6.07) is 11.8. The number of benzene rings is 2. The van der Waals surface area contributed by atoms with E-state index in [1.165, 1.54) is 5.56 Å². The van der Waals surface area contributed by atoms with Gasteiger partial charge >= 0.3 is 0 Å². The van der Waals surface area contributed by atoms with Crippen molar-refractivity contribution in [2.75, 3.05) is 19.8 Å². The zero-order chi connectivity index (χ0) is 19.8. The zero-order valence-electron chi connectivity index (χ0n) is 16.0. The molecule has 0 aliphatic rings. The number of aliphatic imine (C=N–C) groups is 1. The van der Waals surface area contributed by atoms with Crippen LogP contribution in [0.1, 0.15) is 27.8 Å². The van der Waals surface area contributed by atoms with Crippen molar-refractivity contribution < 1.29 is 9.13 Å². The van der Waals surface area contributed by atoms with Gasteiger partial charge in [0.05, 0.1) is 0 Å². The van der Waals surface area contributed by atoms with Gasteiger partial charge in [-0.15, -0.1) is 0 Å². The van der Waals surface area contributed by atoms with Gasteiger partial charge in [-0.2, -0.15) is 4.99 Å². The quantitative estimate of drug-likeness (QED) is 0.328. The number of rotatable bonds is 7. The van der Waals surface area contributed by atoms with Crippen LogP contribution in [-0.4, -0.2) is 30.8 Å². The first-order valence-corrected chi connectivity index (χ1v) is 9.31. The van der Waals surface area contributed by atoms with E-state index in [1.807, 2.05) is 51.1 Å². The molecule has 0 aliphatic heterocycles. The molecule has 144 valence electrons. The zero-order valence-corrected chi connectivity index (χ0v) is 16.8. The number of thiocarbonyl (C=S) groups is 1. The van der Waals surface area contributed by atoms with E-state index < -0.39 is 0 Å². The van der Waals surface area contributed by atoms with Gasteiger partial charge in [0.15, 0.2) is 0 Å². The Hall–Kier alpha value is -2.31. The number of nitrogens with two attached hydrogens (primary N) is 1. The average Bonchev–Trinajstić information content (AvgIpc) is 2.63. The summed E-state index contributed by atoms with van der Waals surface area (Å²) >= 11 is 5.24. The molecule has 0 heterocycles. The van der Waals surface area contributed by atoms with E-state index in [9.17, 15) is 4.39 Å². The van der Waals surface area contributed by atoms with Crippen LogP contribution in [0.25, 0.3) is 0 Å². The largest absolute Gasteiger partial charge is 0.430 e. The van der Waals surface area contributed by atoms with E-state index in [2.05, 4.69) is 16.4 Å². The number of hydrogen-bond donors (Lipinski definition) is 2. The van der Waals surface area contributed by atoms with Crippen molar-refractivity contribution in [1.82, 2.24) is 5.32 Å². The normalized spacial score (nSPS) is 11.5. The molecule has 0 atom stereocenters. The highest BCUT2D eigenvalue weighted by Crippen LogP contribution is 2.23. The molecule has 0 spiro atoms. The molecule has 0 saturated carbocycles. The number of aryl methyl sites for hydroxylation is 3. The first-order chi connectivity index (χ1) is 12.9. The maximum atomic E-state index is 12.1. The summed E-state index contributed by atoms with van der Waals surface area (Å²) in [5, 5.41) is 3.14. The molecule has 27 heavy (non-hydrogen) atoms. The predicted octanol–water partition coefficient (Wildman–Crippen LogP) is 3.78. The molecule has 0 bridgehead atoms. The third-order valence-electron chi connectivity index (χ3n) is 4.23. The number of nitrogens with one attached hydrogen (secondary N) is 1. The number of alkyl halides is 1. The number of amidine groups is 1. The molecule has 0 saturated heterocycles. The Bertz CT molecular complexity index is 819. The molecular weight excluding hydrogens is 361 g/mol. The standard InChI is InChI=1S/C21H26FN3OS/c1-14-4-6-17(7-5-14)20(23)25-21(27)26-19-13-15(2)18(12-16(19)3)8-10-24-11-9-22/h4-7,12-13,24H,8-11H2,1-3H3,(H2,23,25,27). The van der Waals surface area contributed by atoms with Gasteiger partial charge in [-0.3, -0.25) is 0 Å². The van der Waals surface area contributed by atoms with Crippen LogP contribution < -0.4 is 15.8 Å². The molecule has 0 aliphatic carbocycles. The molecule has 0 unspecified atom stereocenters. The van der Waals surface area contributed by atoms with Crippen LogP contribution in [0.15, 0.2) is 41.4 Å². The first kappa shape index (κ1) is 21.0. The molecule has 2 aromatic carbocycles. The highest BCUT2D eigenvalue weighted by atomic mass is 32.1. The summed E-state index contributed by atoms with van der Waals surface area (Å²) < 4.78 is 17.9. The minimum Gasteiger partial charge on any atom is -0.430 e. The second-order valence-electron chi connectivity index (χ2n) is 6.46. The van der Waals surface area contributed by atoms with Gasteiger partial charge < -0.3 is 15.8 Å². The van der Waals surface area contributed by atoms with Gasteiger partial charge in [0.2, 0.25) is 0 Å². The summed E-state index contributed by atoms with van der Waals surface area (Å²) in [4.78, 5) is 4.19. The maximum absolute atomic E-state index is 12.1. The van der Waals surface area contributed by atoms with Crippen LogP contribution in [-0.2, 0) is 6.42 Å². The van der Waals surface area contributed by atoms with E-state index >= 15 is 0 Å². The van der Waals surface area contributed by atoms with Crippen LogP contribution >= 0.6 is 12.2 Å². The summed E-state index contributed by atoms with van der Waals surface area (Å²) in [5.41, 5.74) is 11.2. The fourth-order valence-electron chi connectivity index (χ4n) is 2.65. The molecule has 0 aromatic heterocycles. The molecule has 0 amide bonds. The van der Waals surface area contributed by atoms with E-state index in [4.69, 9.17) is 22.7 Å². The van der Waals surface area contributed by atoms with Gasteiger partial charge in [0.1, 0.15) is 18.3 Å². The summed E-state index contributed by atoms with van der Waals surface area (Å²) in [6.07, 6.45) is 0.829. The Kier molecular flexibility index (Phi) is 7.88. The van der Waals surface area contributed by atoms with Crippen molar-refractivity contribution in [3.8, 4) is 5.75 Å². The minimum atomic E-state index is -0.353. The van der Waals surface area contributed by atoms with E-state index in [-0.39, 0.29) is 11.8 Å². The van der Waals surface area contributed by atoms with Gasteiger partial charge in [-0.05, 0) is 68.7 Å². The summed E-state index contributed by atoms with van der Waals surface area (Å²) in [7, 11) is 0. The van der Waals surface area contributed by atoms with Gasteiger partial charge in [-0.1, -0.05) is 35.9 Å². The minimum absolute atomic E-state index is 0.0768. The maximum Gasteiger partial charge on any atom is 0.290 e. The van der Waals surface area contributed by atoms with Gasteiger partial charge in [-0.25, -0.2) is 4.39 Å². The second kappa shape index (κ2) is 10.1. The highest BCUT2D eigenvalue weighted by molar-refractivity contribution is 7.80. The van der Waals surface area contributed by atoms with Crippen LogP contribution in [0, 0.1) is 20.8 Å². The Labute approximate surface area is 165 Å². The molecule has 2 rings (SSSR count). The Morgan fingerprint density at radius 3 is 2.48 bits per heavy atom. The Morgan fingerprint density at radius 2 is 1.81 bits per heavy atom. The first-order valence-electron chi connectivity index (χ1n) is 8.90. The molecular formula is C21H26FN3OS. The van der Waals surface area contributed by atoms with Crippen molar-refractivity contribution in [1.29, 1.82) is 0 Å². The smallest absolute Gasteiger partial charge is 0.290 e. The molecule has 3 N–H and O–H groups in total. The number of halogens is 1. The van der Waals surface area contributed by atoms with Crippen LogP contribution in [0.5, 0.6) is 5.75 Å². The number of hydrogen-bond acceptors (Lipinski definition) is 3. The topological polar surface area (TPSA) is 59.6 Å². The molecule has 6 heteroatoms. The average molecular weight is 388 g/mol. The molecule has 0 radical (unpaired) electrons. The van der Waals surface area contributed by atoms with Crippen LogP contribution in [0.2, 0.25) is 0 Å². The summed E-state index contributed by atoms with van der Waals surface area (Å²) in [5.74, 6) is 0.989. The fraction of sp³-hybridized carbons (Fsp3) is 0.333. The van der Waals surface area contributed by atoms with Crippen molar-refractivity contribution in [3.05, 3.63) is 64.2 Å². The second-order valence-corrected chi connectivity index (χ2v) is 6.81. The molecule has 4 nitrogen and oxygen atoms in total. The van der Waals surface area contributed by atoms with Crippen LogP contribution in [0.3, 0.4) is 0 Å². The van der Waals surface area contributed by atoms with E-state index in [1.54, 1.807) is 0 Å². The van der Waals surface area contributed by atoms with E-state index in [0.29, 0.717) is 18.1 Å². The molecule has 0 fully saturated rings. The number of ether oxygens (including phenoxy) is 1. The van der Waals surface area contributed by atoms with Crippen molar-refractivity contribution in [3.63, 3.8) is 0 Å². The van der Waals surface area contributed by atoms with Crippen molar-refractivity contribution in [2.45, 2.75) is 27.2 Å². The molecule has 2 aromatic rings. The fourth-order valence-corrected chi connectivity index (χ4v) is 2.84.